The number of benzene rings is 2. The number of carboxylic acids is 1. The third-order valence-corrected chi connectivity index (χ3v) is 6.49. The van der Waals surface area contributed by atoms with Crippen LogP contribution >= 0.6 is 0 Å². The Bertz CT molecular complexity index is 975. The molecule has 0 saturated heterocycles. The highest BCUT2D eigenvalue weighted by Gasteiger charge is 2.33. The average Bonchev–Trinajstić information content (AvgIpc) is 3.38. The minimum absolute atomic E-state index is 0.00255. The summed E-state index contributed by atoms with van der Waals surface area (Å²) < 4.78 is 5.58. The molecule has 2 aromatic carbocycles. The molecule has 0 aliphatic heterocycles. The Morgan fingerprint density at radius 1 is 1.03 bits per heavy atom. The van der Waals surface area contributed by atoms with Crippen LogP contribution in [-0.2, 0) is 14.3 Å². The third kappa shape index (κ3) is 4.47. The first-order chi connectivity index (χ1) is 15.5. The van der Waals surface area contributed by atoms with E-state index >= 15 is 0 Å². The van der Waals surface area contributed by atoms with Crippen molar-refractivity contribution in [2.75, 3.05) is 6.61 Å². The van der Waals surface area contributed by atoms with Crippen molar-refractivity contribution in [2.45, 2.75) is 50.6 Å². The zero-order valence-corrected chi connectivity index (χ0v) is 18.0. The molecule has 0 radical (unpaired) electrons. The minimum Gasteiger partial charge on any atom is -0.480 e. The number of rotatable bonds is 7. The van der Waals surface area contributed by atoms with Crippen molar-refractivity contribution in [3.05, 3.63) is 59.7 Å². The number of carbonyl (C=O) groups excluding carboxylic acids is 2. The van der Waals surface area contributed by atoms with E-state index < -0.39 is 18.1 Å². The fraction of sp³-hybridized carbons (Fsp3) is 0.400. The van der Waals surface area contributed by atoms with Gasteiger partial charge in [-0.3, -0.25) is 4.79 Å². The summed E-state index contributed by atoms with van der Waals surface area (Å²) in [6.07, 6.45) is 1.58. The van der Waals surface area contributed by atoms with Gasteiger partial charge in [-0.1, -0.05) is 55.5 Å². The van der Waals surface area contributed by atoms with E-state index in [9.17, 15) is 14.4 Å². The molecule has 0 heterocycles. The van der Waals surface area contributed by atoms with E-state index in [2.05, 4.69) is 34.9 Å². The van der Waals surface area contributed by atoms with Crippen molar-refractivity contribution >= 4 is 18.0 Å². The van der Waals surface area contributed by atoms with E-state index in [0.717, 1.165) is 11.1 Å². The molecule has 2 aliphatic carbocycles. The van der Waals surface area contributed by atoms with Gasteiger partial charge in [-0.15, -0.1) is 0 Å². The lowest BCUT2D eigenvalue weighted by atomic mass is 9.98. The van der Waals surface area contributed by atoms with Gasteiger partial charge >= 0.3 is 12.1 Å². The van der Waals surface area contributed by atoms with Crippen LogP contribution in [0, 0.1) is 5.92 Å². The average molecular weight is 437 g/mol. The first-order valence-electron chi connectivity index (χ1n) is 11.1. The molecule has 0 aromatic heterocycles. The van der Waals surface area contributed by atoms with Crippen LogP contribution in [0.1, 0.15) is 49.7 Å². The standard InChI is InChI=1S/C25H28N2O5/c1-2-22(24(29)30)27-23(28)15-11-12-16(13-15)26-25(31)32-14-21-19-9-5-3-7-17(19)18-8-4-6-10-20(18)21/h3-10,15-16,21-22H,2,11-14H2,1H3,(H,26,31)(H,27,28)(H,29,30)/t15-,16+,22?/m0/s1. The molecule has 2 aromatic rings. The molecule has 3 atom stereocenters. The van der Waals surface area contributed by atoms with Crippen LogP contribution in [-0.4, -0.2) is 41.8 Å². The van der Waals surface area contributed by atoms with Crippen LogP contribution in [0.3, 0.4) is 0 Å². The number of aliphatic carboxylic acids is 1. The molecule has 168 valence electrons. The van der Waals surface area contributed by atoms with E-state index in [1.54, 1.807) is 6.92 Å². The quantitative estimate of drug-likeness (QED) is 0.614. The lowest BCUT2D eigenvalue weighted by molar-refractivity contribution is -0.142. The van der Waals surface area contributed by atoms with Gasteiger partial charge < -0.3 is 20.5 Å². The topological polar surface area (TPSA) is 105 Å². The molecule has 3 N–H and O–H groups in total. The maximum Gasteiger partial charge on any atom is 0.407 e. The molecule has 4 rings (SSSR count). The fourth-order valence-electron chi connectivity index (χ4n) is 4.79. The second kappa shape index (κ2) is 9.42. The molecule has 2 aliphatic rings. The Hall–Kier alpha value is -3.35. The Kier molecular flexibility index (Phi) is 6.44. The van der Waals surface area contributed by atoms with Gasteiger partial charge in [-0.25, -0.2) is 9.59 Å². The molecule has 0 bridgehead atoms. The van der Waals surface area contributed by atoms with Crippen molar-refractivity contribution in [3.8, 4) is 11.1 Å². The number of hydrogen-bond acceptors (Lipinski definition) is 4. The van der Waals surface area contributed by atoms with E-state index in [0.29, 0.717) is 25.7 Å². The zero-order chi connectivity index (χ0) is 22.7. The molecule has 2 amide bonds. The van der Waals surface area contributed by atoms with Gasteiger partial charge in [0.15, 0.2) is 0 Å². The van der Waals surface area contributed by atoms with Crippen molar-refractivity contribution in [3.63, 3.8) is 0 Å². The van der Waals surface area contributed by atoms with E-state index in [4.69, 9.17) is 9.84 Å². The van der Waals surface area contributed by atoms with Gasteiger partial charge in [0.1, 0.15) is 12.6 Å². The van der Waals surface area contributed by atoms with Crippen molar-refractivity contribution in [1.82, 2.24) is 10.6 Å². The SMILES string of the molecule is CCC(NC(=O)[C@H]1CC[C@@H](NC(=O)OCC2c3ccccc3-c3ccccc32)C1)C(=O)O. The van der Waals surface area contributed by atoms with Gasteiger partial charge in [0.25, 0.3) is 0 Å². The number of fused-ring (bicyclic) bond motifs is 3. The number of carboxylic acid groups (broad SMARTS) is 1. The van der Waals surface area contributed by atoms with E-state index in [-0.39, 0.29) is 30.4 Å². The van der Waals surface area contributed by atoms with Crippen molar-refractivity contribution in [2.24, 2.45) is 5.92 Å². The van der Waals surface area contributed by atoms with Gasteiger partial charge in [-0.2, -0.15) is 0 Å². The Morgan fingerprint density at radius 3 is 2.25 bits per heavy atom. The Labute approximate surface area is 187 Å². The number of carbonyl (C=O) groups is 3. The summed E-state index contributed by atoms with van der Waals surface area (Å²) >= 11 is 0. The molecular weight excluding hydrogens is 408 g/mol. The van der Waals surface area contributed by atoms with Crippen LogP contribution in [0.25, 0.3) is 11.1 Å². The largest absolute Gasteiger partial charge is 0.480 e. The molecule has 7 heteroatoms. The minimum atomic E-state index is -1.04. The normalized spacial score (nSPS) is 20.2. The molecule has 32 heavy (non-hydrogen) atoms. The summed E-state index contributed by atoms with van der Waals surface area (Å²) in [6, 6.07) is 15.3. The van der Waals surface area contributed by atoms with E-state index in [1.807, 2.05) is 24.3 Å². The second-order valence-corrected chi connectivity index (χ2v) is 8.48. The Balaban J connectivity index is 1.30. The molecule has 1 unspecified atom stereocenters. The highest BCUT2D eigenvalue weighted by molar-refractivity contribution is 5.85. The summed E-state index contributed by atoms with van der Waals surface area (Å²) in [7, 11) is 0. The summed E-state index contributed by atoms with van der Waals surface area (Å²) in [5, 5.41) is 14.6. The van der Waals surface area contributed by atoms with Gasteiger partial charge in [0.2, 0.25) is 5.91 Å². The summed E-state index contributed by atoms with van der Waals surface area (Å²) in [5.74, 6) is -1.61. The van der Waals surface area contributed by atoms with Gasteiger partial charge in [0.05, 0.1) is 0 Å². The monoisotopic (exact) mass is 436 g/mol. The highest BCUT2D eigenvalue weighted by Crippen LogP contribution is 2.44. The van der Waals surface area contributed by atoms with Crippen LogP contribution in [0.15, 0.2) is 48.5 Å². The zero-order valence-electron chi connectivity index (χ0n) is 18.0. The summed E-state index contributed by atoms with van der Waals surface area (Å²) in [6.45, 7) is 1.96. The van der Waals surface area contributed by atoms with Crippen LogP contribution in [0.4, 0.5) is 4.79 Å². The first kappa shape index (κ1) is 21.9. The summed E-state index contributed by atoms with van der Waals surface area (Å²) in [4.78, 5) is 36.0. The second-order valence-electron chi connectivity index (χ2n) is 8.48. The molecular formula is C25H28N2O5. The van der Waals surface area contributed by atoms with Crippen molar-refractivity contribution in [1.29, 1.82) is 0 Å². The maximum absolute atomic E-state index is 12.5. The van der Waals surface area contributed by atoms with E-state index in [1.165, 1.54) is 11.1 Å². The molecule has 1 fully saturated rings. The predicted molar refractivity (Wildman–Crippen MR) is 119 cm³/mol. The van der Waals surface area contributed by atoms with Crippen LogP contribution < -0.4 is 10.6 Å². The van der Waals surface area contributed by atoms with Crippen LogP contribution in [0.2, 0.25) is 0 Å². The first-order valence-corrected chi connectivity index (χ1v) is 11.1. The van der Waals surface area contributed by atoms with Gasteiger partial charge in [0, 0.05) is 17.9 Å². The maximum atomic E-state index is 12.5. The number of amides is 2. The Morgan fingerprint density at radius 2 is 1.66 bits per heavy atom. The predicted octanol–water partition coefficient (Wildman–Crippen LogP) is 3.67. The molecule has 1 saturated carbocycles. The number of ether oxygens (including phenoxy) is 1. The van der Waals surface area contributed by atoms with Gasteiger partial charge in [-0.05, 0) is 47.9 Å². The fourth-order valence-corrected chi connectivity index (χ4v) is 4.79. The molecule has 0 spiro atoms. The number of hydrogen-bond donors (Lipinski definition) is 3. The number of alkyl carbamates (subject to hydrolysis) is 1. The smallest absolute Gasteiger partial charge is 0.407 e. The van der Waals surface area contributed by atoms with Crippen molar-refractivity contribution < 1.29 is 24.2 Å². The van der Waals surface area contributed by atoms with Crippen LogP contribution in [0.5, 0.6) is 0 Å². The third-order valence-electron chi connectivity index (χ3n) is 6.49. The lowest BCUT2D eigenvalue weighted by Gasteiger charge is -2.18. The lowest BCUT2D eigenvalue weighted by Crippen LogP contribution is -2.43. The number of nitrogens with one attached hydrogen (secondary N) is 2. The molecule has 7 nitrogen and oxygen atoms in total. The summed E-state index contributed by atoms with van der Waals surface area (Å²) in [5.41, 5.74) is 4.66. The highest BCUT2D eigenvalue weighted by atomic mass is 16.5.